The van der Waals surface area contributed by atoms with E-state index in [0.717, 1.165) is 18.5 Å². The Morgan fingerprint density at radius 3 is 2.26 bits per heavy atom. The number of halogens is 3. The highest BCUT2D eigenvalue weighted by molar-refractivity contribution is 7.91. The fourth-order valence-electron chi connectivity index (χ4n) is 3.48. The highest BCUT2D eigenvalue weighted by Crippen LogP contribution is 2.34. The molecule has 186 valence electrons. The number of hydrogen-bond acceptors (Lipinski definition) is 8. The average molecular weight is 521 g/mol. The molecule has 3 heterocycles. The number of ether oxygens (including phenoxy) is 1. The number of fused-ring (bicyclic) bond motifs is 1. The Balaban J connectivity index is 2.17. The number of aromatic nitrogens is 4. The fraction of sp³-hybridized carbons (Fsp3) is 0.450. The van der Waals surface area contributed by atoms with E-state index in [1.807, 2.05) is 0 Å². The van der Waals surface area contributed by atoms with Crippen molar-refractivity contribution in [2.75, 3.05) is 17.8 Å². The van der Waals surface area contributed by atoms with Gasteiger partial charge in [0.2, 0.25) is 0 Å². The Morgan fingerprint density at radius 2 is 1.71 bits per heavy atom. The number of rotatable bonds is 7. The molecule has 0 radical (unpaired) electrons. The van der Waals surface area contributed by atoms with Crippen LogP contribution < -0.4 is 4.74 Å². The Labute approximate surface area is 194 Å². The summed E-state index contributed by atoms with van der Waals surface area (Å²) in [4.78, 5) is 11.6. The Bertz CT molecular complexity index is 1460. The molecule has 9 nitrogen and oxygen atoms in total. The number of alkyl halides is 3. The normalized spacial score (nSPS) is 13.4. The van der Waals surface area contributed by atoms with Crippen LogP contribution in [0.5, 0.6) is 5.75 Å². The second kappa shape index (κ2) is 8.48. The van der Waals surface area contributed by atoms with Gasteiger partial charge in [0.05, 0.1) is 34.9 Å². The molecule has 0 aliphatic carbocycles. The first-order valence-corrected chi connectivity index (χ1v) is 13.6. The lowest BCUT2D eigenvalue weighted by Crippen LogP contribution is -2.36. The maximum Gasteiger partial charge on any atom is 0.433 e. The van der Waals surface area contributed by atoms with Crippen LogP contribution in [0.3, 0.4) is 0 Å². The third-order valence-electron chi connectivity index (χ3n) is 4.82. The van der Waals surface area contributed by atoms with Crippen LogP contribution in [0.25, 0.3) is 22.6 Å². The lowest BCUT2D eigenvalue weighted by atomic mass is 10.2. The molecule has 0 fully saturated rings. The molecular weight excluding hydrogens is 497 g/mol. The summed E-state index contributed by atoms with van der Waals surface area (Å²) in [5, 5.41) is 0. The van der Waals surface area contributed by atoms with Crippen LogP contribution >= 0.6 is 0 Å². The molecule has 0 spiro atoms. The molecule has 34 heavy (non-hydrogen) atoms. The van der Waals surface area contributed by atoms with E-state index in [9.17, 15) is 30.0 Å². The summed E-state index contributed by atoms with van der Waals surface area (Å²) in [6.45, 7) is 4.49. The monoisotopic (exact) mass is 520 g/mol. The van der Waals surface area contributed by atoms with Crippen LogP contribution in [-0.2, 0) is 32.9 Å². The summed E-state index contributed by atoms with van der Waals surface area (Å²) in [6.07, 6.45) is -1.39. The molecule has 3 aromatic rings. The van der Waals surface area contributed by atoms with Crippen LogP contribution in [-0.4, -0.2) is 59.7 Å². The van der Waals surface area contributed by atoms with E-state index >= 15 is 0 Å². The molecule has 0 atom stereocenters. The molecule has 0 unspecified atom stereocenters. The van der Waals surface area contributed by atoms with Gasteiger partial charge in [0.1, 0.15) is 27.6 Å². The van der Waals surface area contributed by atoms with Gasteiger partial charge in [-0.15, -0.1) is 0 Å². The zero-order valence-corrected chi connectivity index (χ0v) is 20.6. The van der Waals surface area contributed by atoms with Crippen molar-refractivity contribution in [1.82, 2.24) is 19.5 Å². The van der Waals surface area contributed by atoms with E-state index in [1.165, 1.54) is 44.6 Å². The smallest absolute Gasteiger partial charge is 0.433 e. The zero-order chi connectivity index (χ0) is 25.7. The van der Waals surface area contributed by atoms with E-state index < -0.39 is 37.1 Å². The van der Waals surface area contributed by atoms with Crippen molar-refractivity contribution in [2.24, 2.45) is 7.05 Å². The van der Waals surface area contributed by atoms with Gasteiger partial charge in [-0.3, -0.25) is 0 Å². The molecule has 3 rings (SSSR count). The maximum atomic E-state index is 13.1. The quantitative estimate of drug-likeness (QED) is 0.466. The summed E-state index contributed by atoms with van der Waals surface area (Å²) < 4.78 is 95.4. The molecule has 0 saturated carbocycles. The van der Waals surface area contributed by atoms with E-state index in [-0.39, 0.29) is 44.7 Å². The van der Waals surface area contributed by atoms with Crippen LogP contribution in [0.15, 0.2) is 29.4 Å². The van der Waals surface area contributed by atoms with Gasteiger partial charge < -0.3 is 9.30 Å². The van der Waals surface area contributed by atoms with E-state index in [2.05, 4.69) is 15.0 Å². The van der Waals surface area contributed by atoms with E-state index in [4.69, 9.17) is 4.74 Å². The van der Waals surface area contributed by atoms with Crippen molar-refractivity contribution in [3.05, 3.63) is 30.2 Å². The predicted molar refractivity (Wildman–Crippen MR) is 119 cm³/mol. The SMILES string of the molecule is CCS(=O)(=O)c1cc(OC(C)(C)CS(C)(=O)=O)cnc1-c1nc2cc(C(F)(F)F)ncc2n1C. The van der Waals surface area contributed by atoms with Crippen LogP contribution in [0.4, 0.5) is 13.2 Å². The summed E-state index contributed by atoms with van der Waals surface area (Å²) in [5.41, 5.74) is -2.17. The topological polar surface area (TPSA) is 121 Å². The molecule has 0 aliphatic rings. The number of imidazole rings is 1. The zero-order valence-electron chi connectivity index (χ0n) is 19.0. The van der Waals surface area contributed by atoms with Gasteiger partial charge in [-0.2, -0.15) is 13.2 Å². The molecule has 0 aromatic carbocycles. The lowest BCUT2D eigenvalue weighted by Gasteiger charge is -2.25. The van der Waals surface area contributed by atoms with Crippen LogP contribution in [0.2, 0.25) is 0 Å². The lowest BCUT2D eigenvalue weighted by molar-refractivity contribution is -0.141. The minimum atomic E-state index is -4.67. The molecule has 3 aromatic heterocycles. The van der Waals surface area contributed by atoms with Gasteiger partial charge in [0.15, 0.2) is 25.5 Å². The Kier molecular flexibility index (Phi) is 6.46. The van der Waals surface area contributed by atoms with E-state index in [0.29, 0.717) is 0 Å². The first-order chi connectivity index (χ1) is 15.4. The minimum Gasteiger partial charge on any atom is -0.485 e. The van der Waals surface area contributed by atoms with Gasteiger partial charge in [-0.25, -0.2) is 31.8 Å². The largest absolute Gasteiger partial charge is 0.485 e. The van der Waals surface area contributed by atoms with Gasteiger partial charge in [0.25, 0.3) is 0 Å². The van der Waals surface area contributed by atoms with Crippen LogP contribution in [0, 0.1) is 0 Å². The summed E-state index contributed by atoms with van der Waals surface area (Å²) >= 11 is 0. The number of aryl methyl sites for hydroxylation is 1. The molecule has 0 N–H and O–H groups in total. The van der Waals surface area contributed by atoms with Gasteiger partial charge in [-0.05, 0) is 19.9 Å². The molecule has 14 heteroatoms. The minimum absolute atomic E-state index is 0.0178. The van der Waals surface area contributed by atoms with Crippen molar-refractivity contribution in [3.8, 4) is 17.3 Å². The number of nitrogens with zero attached hydrogens (tertiary/aromatic N) is 4. The van der Waals surface area contributed by atoms with Crippen molar-refractivity contribution in [3.63, 3.8) is 0 Å². The molecule has 0 amide bonds. The first-order valence-electron chi connectivity index (χ1n) is 9.93. The van der Waals surface area contributed by atoms with Crippen molar-refractivity contribution in [1.29, 1.82) is 0 Å². The van der Waals surface area contributed by atoms with Gasteiger partial charge in [-0.1, -0.05) is 6.92 Å². The first kappa shape index (κ1) is 25.9. The molecule has 0 aliphatic heterocycles. The second-order valence-electron chi connectivity index (χ2n) is 8.40. The standard InChI is InChI=1S/C20H23F3N4O5S2/c1-6-34(30,31)15-7-12(32-19(2,3)11-33(5,28)29)9-25-17(15)18-26-13-8-16(20(21,22)23)24-10-14(13)27(18)4/h7-10H,6,11H2,1-5H3. The number of pyridine rings is 2. The van der Waals surface area contributed by atoms with Crippen molar-refractivity contribution in [2.45, 2.75) is 37.4 Å². The average Bonchev–Trinajstić information content (AvgIpc) is 3.01. The number of hydrogen-bond donors (Lipinski definition) is 0. The Hall–Kier alpha value is -2.74. The number of sulfone groups is 2. The predicted octanol–water partition coefficient (Wildman–Crippen LogP) is 3.04. The Morgan fingerprint density at radius 1 is 1.06 bits per heavy atom. The fourth-order valence-corrected chi connectivity index (χ4v) is 5.85. The van der Waals surface area contributed by atoms with E-state index in [1.54, 1.807) is 0 Å². The maximum absolute atomic E-state index is 13.1. The molecule has 0 saturated heterocycles. The van der Waals surface area contributed by atoms with Crippen molar-refractivity contribution < 1.29 is 34.7 Å². The second-order valence-corrected chi connectivity index (χ2v) is 12.8. The highest BCUT2D eigenvalue weighted by atomic mass is 32.2. The van der Waals surface area contributed by atoms with Gasteiger partial charge >= 0.3 is 6.18 Å². The third kappa shape index (κ3) is 5.49. The third-order valence-corrected chi connectivity index (χ3v) is 7.78. The molecular formula is C20H23F3N4O5S2. The summed E-state index contributed by atoms with van der Waals surface area (Å²) in [6, 6.07) is 1.99. The summed E-state index contributed by atoms with van der Waals surface area (Å²) in [5.74, 6) is -0.576. The summed E-state index contributed by atoms with van der Waals surface area (Å²) in [7, 11) is -5.78. The van der Waals surface area contributed by atoms with Gasteiger partial charge in [0, 0.05) is 19.4 Å². The molecule has 0 bridgehead atoms. The highest BCUT2D eigenvalue weighted by Gasteiger charge is 2.33. The van der Waals surface area contributed by atoms with Crippen LogP contribution in [0.1, 0.15) is 26.5 Å². The van der Waals surface area contributed by atoms with Crippen molar-refractivity contribution >= 4 is 30.7 Å².